The summed E-state index contributed by atoms with van der Waals surface area (Å²) < 4.78 is 25.6. The standard InChI is InChI=1S/C12H9BrF2/c13-7-9-5-1-3-8-4-2-6-10(11(8)9)12(14)15/h1-6,12H,7H2. The van der Waals surface area contributed by atoms with E-state index in [-0.39, 0.29) is 5.56 Å². The zero-order valence-corrected chi connectivity index (χ0v) is 9.47. The molecule has 0 atom stereocenters. The lowest BCUT2D eigenvalue weighted by Gasteiger charge is -2.09. The number of rotatable bonds is 2. The number of halogens is 3. The molecule has 0 fully saturated rings. The van der Waals surface area contributed by atoms with E-state index in [1.165, 1.54) is 6.07 Å². The van der Waals surface area contributed by atoms with Crippen molar-refractivity contribution in [3.05, 3.63) is 47.5 Å². The molecule has 0 bridgehead atoms. The van der Waals surface area contributed by atoms with E-state index < -0.39 is 6.43 Å². The van der Waals surface area contributed by atoms with Crippen molar-refractivity contribution in [3.8, 4) is 0 Å². The molecule has 0 aliphatic heterocycles. The average Bonchev–Trinajstić information content (AvgIpc) is 2.27. The first-order chi connectivity index (χ1) is 7.24. The molecule has 0 N–H and O–H groups in total. The minimum Gasteiger partial charge on any atom is -0.205 e. The summed E-state index contributed by atoms with van der Waals surface area (Å²) in [5.74, 6) is 0. The third kappa shape index (κ3) is 1.88. The Bertz CT molecular complexity index is 475. The van der Waals surface area contributed by atoms with Gasteiger partial charge in [0.1, 0.15) is 0 Å². The Labute approximate surface area is 95.0 Å². The lowest BCUT2D eigenvalue weighted by Crippen LogP contribution is -1.90. The Kier molecular flexibility index (Phi) is 3.00. The first kappa shape index (κ1) is 10.6. The maximum atomic E-state index is 12.8. The minimum atomic E-state index is -2.42. The van der Waals surface area contributed by atoms with Gasteiger partial charge in [0.2, 0.25) is 0 Å². The van der Waals surface area contributed by atoms with Crippen LogP contribution in [0.25, 0.3) is 10.8 Å². The Morgan fingerprint density at radius 1 is 1.07 bits per heavy atom. The molecule has 0 saturated carbocycles. The molecule has 0 aliphatic rings. The summed E-state index contributed by atoms with van der Waals surface area (Å²) in [6.45, 7) is 0. The van der Waals surface area contributed by atoms with Crippen molar-refractivity contribution in [3.63, 3.8) is 0 Å². The number of benzene rings is 2. The second kappa shape index (κ2) is 4.27. The maximum absolute atomic E-state index is 12.8. The lowest BCUT2D eigenvalue weighted by atomic mass is 10.0. The van der Waals surface area contributed by atoms with Crippen LogP contribution in [0.3, 0.4) is 0 Å². The lowest BCUT2D eigenvalue weighted by molar-refractivity contribution is 0.153. The summed E-state index contributed by atoms with van der Waals surface area (Å²) in [6, 6.07) is 10.6. The predicted molar refractivity (Wildman–Crippen MR) is 61.5 cm³/mol. The topological polar surface area (TPSA) is 0 Å². The zero-order valence-electron chi connectivity index (χ0n) is 7.88. The van der Waals surface area contributed by atoms with Crippen molar-refractivity contribution in [2.24, 2.45) is 0 Å². The van der Waals surface area contributed by atoms with Crippen LogP contribution in [-0.4, -0.2) is 0 Å². The van der Waals surface area contributed by atoms with Crippen LogP contribution in [0.2, 0.25) is 0 Å². The molecule has 0 nitrogen and oxygen atoms in total. The monoisotopic (exact) mass is 270 g/mol. The first-order valence-electron chi connectivity index (χ1n) is 4.58. The number of fused-ring (bicyclic) bond motifs is 1. The smallest absolute Gasteiger partial charge is 0.205 e. The first-order valence-corrected chi connectivity index (χ1v) is 5.71. The van der Waals surface area contributed by atoms with E-state index in [2.05, 4.69) is 15.9 Å². The summed E-state index contributed by atoms with van der Waals surface area (Å²) >= 11 is 3.32. The van der Waals surface area contributed by atoms with Gasteiger partial charge in [-0.1, -0.05) is 52.3 Å². The fraction of sp³-hybridized carbons (Fsp3) is 0.167. The van der Waals surface area contributed by atoms with Gasteiger partial charge < -0.3 is 0 Å². The van der Waals surface area contributed by atoms with Crippen LogP contribution >= 0.6 is 15.9 Å². The van der Waals surface area contributed by atoms with Gasteiger partial charge in [0.15, 0.2) is 0 Å². The molecule has 0 aliphatic carbocycles. The van der Waals surface area contributed by atoms with Crippen LogP contribution in [-0.2, 0) is 5.33 Å². The highest BCUT2D eigenvalue weighted by atomic mass is 79.9. The molecule has 2 rings (SSSR count). The van der Waals surface area contributed by atoms with Crippen LogP contribution in [0.5, 0.6) is 0 Å². The van der Waals surface area contributed by atoms with Gasteiger partial charge in [-0.15, -0.1) is 0 Å². The fourth-order valence-electron chi connectivity index (χ4n) is 1.74. The molecule has 3 heteroatoms. The zero-order chi connectivity index (χ0) is 10.8. The molecule has 0 heterocycles. The number of hydrogen-bond acceptors (Lipinski definition) is 0. The second-order valence-corrected chi connectivity index (χ2v) is 3.86. The van der Waals surface area contributed by atoms with Gasteiger partial charge in [0.05, 0.1) is 0 Å². The van der Waals surface area contributed by atoms with Crippen LogP contribution in [0.4, 0.5) is 8.78 Å². The summed E-state index contributed by atoms with van der Waals surface area (Å²) in [6.07, 6.45) is -2.42. The summed E-state index contributed by atoms with van der Waals surface area (Å²) in [7, 11) is 0. The molecule has 15 heavy (non-hydrogen) atoms. The largest absolute Gasteiger partial charge is 0.264 e. The van der Waals surface area contributed by atoms with E-state index in [0.717, 1.165) is 10.9 Å². The quantitative estimate of drug-likeness (QED) is 0.696. The van der Waals surface area contributed by atoms with Crippen molar-refractivity contribution in [1.29, 1.82) is 0 Å². The Morgan fingerprint density at radius 2 is 1.73 bits per heavy atom. The van der Waals surface area contributed by atoms with E-state index in [4.69, 9.17) is 0 Å². The van der Waals surface area contributed by atoms with Gasteiger partial charge in [-0.05, 0) is 16.3 Å². The second-order valence-electron chi connectivity index (χ2n) is 3.30. The van der Waals surface area contributed by atoms with Gasteiger partial charge in [0.25, 0.3) is 6.43 Å². The van der Waals surface area contributed by atoms with Gasteiger partial charge in [-0.25, -0.2) is 8.78 Å². The molecule has 0 saturated heterocycles. The molecular formula is C12H9BrF2. The van der Waals surface area contributed by atoms with E-state index in [0.29, 0.717) is 10.7 Å². The Balaban J connectivity index is 2.81. The summed E-state index contributed by atoms with van der Waals surface area (Å²) in [5, 5.41) is 2.13. The summed E-state index contributed by atoms with van der Waals surface area (Å²) in [4.78, 5) is 0. The van der Waals surface area contributed by atoms with Crippen molar-refractivity contribution >= 4 is 26.7 Å². The molecular weight excluding hydrogens is 262 g/mol. The number of alkyl halides is 3. The van der Waals surface area contributed by atoms with Crippen LogP contribution in [0.15, 0.2) is 36.4 Å². The fourth-order valence-corrected chi connectivity index (χ4v) is 2.21. The molecule has 0 amide bonds. The van der Waals surface area contributed by atoms with Crippen molar-refractivity contribution < 1.29 is 8.78 Å². The van der Waals surface area contributed by atoms with Gasteiger partial charge in [-0.3, -0.25) is 0 Å². The average molecular weight is 271 g/mol. The number of hydrogen-bond donors (Lipinski definition) is 0. The van der Waals surface area contributed by atoms with E-state index in [1.54, 1.807) is 6.07 Å². The molecule has 0 unspecified atom stereocenters. The molecule has 2 aromatic rings. The van der Waals surface area contributed by atoms with Gasteiger partial charge in [0, 0.05) is 10.9 Å². The highest BCUT2D eigenvalue weighted by Gasteiger charge is 2.13. The van der Waals surface area contributed by atoms with E-state index >= 15 is 0 Å². The van der Waals surface area contributed by atoms with E-state index in [1.807, 2.05) is 24.3 Å². The van der Waals surface area contributed by atoms with Gasteiger partial charge in [-0.2, -0.15) is 0 Å². The molecule has 78 valence electrons. The summed E-state index contributed by atoms with van der Waals surface area (Å²) in [5.41, 5.74) is 1.02. The van der Waals surface area contributed by atoms with Crippen molar-refractivity contribution in [2.75, 3.05) is 0 Å². The van der Waals surface area contributed by atoms with Crippen LogP contribution in [0, 0.1) is 0 Å². The Morgan fingerprint density at radius 3 is 2.33 bits per heavy atom. The van der Waals surface area contributed by atoms with Crippen molar-refractivity contribution in [1.82, 2.24) is 0 Å². The predicted octanol–water partition coefficient (Wildman–Crippen LogP) is 4.67. The third-order valence-electron chi connectivity index (χ3n) is 2.40. The third-order valence-corrected chi connectivity index (χ3v) is 3.01. The van der Waals surface area contributed by atoms with Crippen LogP contribution in [0.1, 0.15) is 17.6 Å². The van der Waals surface area contributed by atoms with Crippen LogP contribution < -0.4 is 0 Å². The van der Waals surface area contributed by atoms with Gasteiger partial charge >= 0.3 is 0 Å². The molecule has 0 radical (unpaired) electrons. The normalized spacial score (nSPS) is 11.2. The highest BCUT2D eigenvalue weighted by Crippen LogP contribution is 2.31. The molecule has 2 aromatic carbocycles. The SMILES string of the molecule is FC(F)c1cccc2cccc(CBr)c12. The van der Waals surface area contributed by atoms with E-state index in [9.17, 15) is 8.78 Å². The molecule has 0 spiro atoms. The minimum absolute atomic E-state index is 0.113. The maximum Gasteiger partial charge on any atom is 0.264 e. The highest BCUT2D eigenvalue weighted by molar-refractivity contribution is 9.08. The van der Waals surface area contributed by atoms with Crippen molar-refractivity contribution in [2.45, 2.75) is 11.8 Å². The molecule has 0 aromatic heterocycles. The Hall–Kier alpha value is -0.960.